The molecule has 0 saturated heterocycles. The first kappa shape index (κ1) is 14.8. The van der Waals surface area contributed by atoms with Gasteiger partial charge in [0.1, 0.15) is 0 Å². The van der Waals surface area contributed by atoms with Gasteiger partial charge in [0.15, 0.2) is 5.82 Å². The molecular weight excluding hydrogens is 339 g/mol. The van der Waals surface area contributed by atoms with Crippen molar-refractivity contribution in [3.63, 3.8) is 0 Å². The number of rotatable bonds is 4. The molecule has 0 bridgehead atoms. The molecule has 0 radical (unpaired) electrons. The van der Waals surface area contributed by atoms with Crippen molar-refractivity contribution in [2.24, 2.45) is 0 Å². The summed E-state index contributed by atoms with van der Waals surface area (Å²) >= 11 is 3.20. The zero-order chi connectivity index (χ0) is 14.8. The van der Waals surface area contributed by atoms with Gasteiger partial charge in [0.05, 0.1) is 16.2 Å². The van der Waals surface area contributed by atoms with E-state index in [4.69, 9.17) is 0 Å². The summed E-state index contributed by atoms with van der Waals surface area (Å²) < 4.78 is 39.2. The SMILES string of the molecule is CCCNc1ncc(Br)c(-n2cc(C(F)(F)F)cn2)n1. The Labute approximate surface area is 121 Å². The maximum atomic E-state index is 12.6. The molecule has 0 aliphatic carbocycles. The summed E-state index contributed by atoms with van der Waals surface area (Å²) in [5.74, 6) is 0.586. The van der Waals surface area contributed by atoms with Gasteiger partial charge >= 0.3 is 6.18 Å². The summed E-state index contributed by atoms with van der Waals surface area (Å²) in [5.41, 5.74) is -0.828. The van der Waals surface area contributed by atoms with Crippen molar-refractivity contribution in [1.82, 2.24) is 19.7 Å². The number of aromatic nitrogens is 4. The van der Waals surface area contributed by atoms with E-state index in [9.17, 15) is 13.2 Å². The quantitative estimate of drug-likeness (QED) is 0.920. The largest absolute Gasteiger partial charge is 0.419 e. The number of nitrogens with zero attached hydrogens (tertiary/aromatic N) is 4. The lowest BCUT2D eigenvalue weighted by Gasteiger charge is -2.07. The summed E-state index contributed by atoms with van der Waals surface area (Å²) in [6.45, 7) is 2.66. The van der Waals surface area contributed by atoms with Crippen molar-refractivity contribution in [2.75, 3.05) is 11.9 Å². The van der Waals surface area contributed by atoms with Crippen molar-refractivity contribution < 1.29 is 13.2 Å². The van der Waals surface area contributed by atoms with E-state index >= 15 is 0 Å². The standard InChI is InChI=1S/C11H11BrF3N5/c1-2-3-16-10-17-5-8(12)9(19-10)20-6-7(4-18-20)11(13,14)15/h4-6H,2-3H2,1H3,(H,16,17,19). The van der Waals surface area contributed by atoms with Crippen LogP contribution in [0.25, 0.3) is 5.82 Å². The second kappa shape index (κ2) is 5.78. The van der Waals surface area contributed by atoms with Gasteiger partial charge in [-0.25, -0.2) is 9.67 Å². The van der Waals surface area contributed by atoms with E-state index in [2.05, 4.69) is 36.3 Å². The van der Waals surface area contributed by atoms with Gasteiger partial charge in [-0.3, -0.25) is 0 Å². The van der Waals surface area contributed by atoms with Crippen LogP contribution in [0.3, 0.4) is 0 Å². The number of anilines is 1. The smallest absolute Gasteiger partial charge is 0.354 e. The van der Waals surface area contributed by atoms with Gasteiger partial charge < -0.3 is 5.32 Å². The number of nitrogens with one attached hydrogen (secondary N) is 1. The lowest BCUT2D eigenvalue weighted by molar-refractivity contribution is -0.137. The van der Waals surface area contributed by atoms with Gasteiger partial charge in [-0.1, -0.05) is 6.92 Å². The highest BCUT2D eigenvalue weighted by molar-refractivity contribution is 9.10. The summed E-state index contributed by atoms with van der Waals surface area (Å²) in [4.78, 5) is 8.16. The first-order valence-corrected chi connectivity index (χ1v) is 6.59. The van der Waals surface area contributed by atoms with Crippen molar-refractivity contribution >= 4 is 21.9 Å². The molecule has 0 spiro atoms. The third kappa shape index (κ3) is 3.27. The van der Waals surface area contributed by atoms with Crippen LogP contribution >= 0.6 is 15.9 Å². The summed E-state index contributed by atoms with van der Waals surface area (Å²) in [6, 6.07) is 0. The van der Waals surface area contributed by atoms with Crippen molar-refractivity contribution in [2.45, 2.75) is 19.5 Å². The molecule has 2 aromatic rings. The summed E-state index contributed by atoms with van der Waals surface area (Å²) in [5, 5.41) is 6.65. The molecule has 2 aromatic heterocycles. The number of halogens is 4. The maximum absolute atomic E-state index is 12.6. The Morgan fingerprint density at radius 2 is 2.10 bits per heavy atom. The molecule has 2 heterocycles. The molecule has 108 valence electrons. The van der Waals surface area contributed by atoms with E-state index in [0.717, 1.165) is 23.5 Å². The Morgan fingerprint density at radius 1 is 1.35 bits per heavy atom. The van der Waals surface area contributed by atoms with Gasteiger partial charge in [0, 0.05) is 18.9 Å². The Morgan fingerprint density at radius 3 is 2.70 bits per heavy atom. The normalized spacial score (nSPS) is 11.7. The molecule has 0 fully saturated rings. The van der Waals surface area contributed by atoms with Crippen LogP contribution in [-0.4, -0.2) is 26.3 Å². The average molecular weight is 350 g/mol. The number of alkyl halides is 3. The number of hydrogen-bond donors (Lipinski definition) is 1. The molecule has 0 unspecified atom stereocenters. The molecule has 0 aromatic carbocycles. The Balaban J connectivity index is 2.34. The maximum Gasteiger partial charge on any atom is 0.419 e. The fourth-order valence-corrected chi connectivity index (χ4v) is 1.80. The highest BCUT2D eigenvalue weighted by Gasteiger charge is 2.32. The van der Waals surface area contributed by atoms with Crippen LogP contribution in [0.1, 0.15) is 18.9 Å². The molecular formula is C11H11BrF3N5. The van der Waals surface area contributed by atoms with E-state index in [-0.39, 0.29) is 5.82 Å². The Kier molecular flexibility index (Phi) is 4.26. The highest BCUT2D eigenvalue weighted by Crippen LogP contribution is 2.29. The minimum atomic E-state index is -4.43. The molecule has 2 rings (SSSR count). The second-order valence-electron chi connectivity index (χ2n) is 3.96. The lowest BCUT2D eigenvalue weighted by Crippen LogP contribution is -2.08. The van der Waals surface area contributed by atoms with Crippen LogP contribution in [0.15, 0.2) is 23.1 Å². The third-order valence-electron chi connectivity index (χ3n) is 2.39. The Hall–Kier alpha value is -1.64. The fourth-order valence-electron chi connectivity index (χ4n) is 1.43. The Bertz CT molecular complexity index is 596. The van der Waals surface area contributed by atoms with Crippen LogP contribution in [-0.2, 0) is 6.18 Å². The van der Waals surface area contributed by atoms with Crippen LogP contribution in [0.4, 0.5) is 19.1 Å². The van der Waals surface area contributed by atoms with E-state index < -0.39 is 11.7 Å². The van der Waals surface area contributed by atoms with Crippen molar-refractivity contribution in [1.29, 1.82) is 0 Å². The zero-order valence-electron chi connectivity index (χ0n) is 10.4. The predicted octanol–water partition coefficient (Wildman–Crippen LogP) is 3.27. The molecule has 0 saturated carbocycles. The molecule has 0 aliphatic rings. The van der Waals surface area contributed by atoms with Gasteiger partial charge in [0.2, 0.25) is 5.95 Å². The molecule has 9 heteroatoms. The van der Waals surface area contributed by atoms with Crippen molar-refractivity contribution in [3.8, 4) is 5.82 Å². The topological polar surface area (TPSA) is 55.6 Å². The fraction of sp³-hybridized carbons (Fsp3) is 0.364. The van der Waals surface area contributed by atoms with Gasteiger partial charge in [-0.2, -0.15) is 23.3 Å². The molecule has 0 amide bonds. The van der Waals surface area contributed by atoms with Gasteiger partial charge in [-0.05, 0) is 22.4 Å². The molecule has 5 nitrogen and oxygen atoms in total. The molecule has 0 aliphatic heterocycles. The first-order chi connectivity index (χ1) is 9.41. The van der Waals surface area contributed by atoms with Crippen molar-refractivity contribution in [3.05, 3.63) is 28.6 Å². The van der Waals surface area contributed by atoms with Crippen LogP contribution in [0.5, 0.6) is 0 Å². The minimum Gasteiger partial charge on any atom is -0.354 e. The summed E-state index contributed by atoms with van der Waals surface area (Å²) in [7, 11) is 0. The molecule has 0 atom stereocenters. The van der Waals surface area contributed by atoms with E-state index in [0.29, 0.717) is 17.0 Å². The van der Waals surface area contributed by atoms with Gasteiger partial charge in [-0.15, -0.1) is 0 Å². The monoisotopic (exact) mass is 349 g/mol. The molecule has 20 heavy (non-hydrogen) atoms. The third-order valence-corrected chi connectivity index (χ3v) is 2.95. The second-order valence-corrected chi connectivity index (χ2v) is 4.82. The van der Waals surface area contributed by atoms with Crippen LogP contribution in [0.2, 0.25) is 0 Å². The first-order valence-electron chi connectivity index (χ1n) is 5.80. The average Bonchev–Trinajstić information content (AvgIpc) is 2.87. The van der Waals surface area contributed by atoms with Crippen LogP contribution < -0.4 is 5.32 Å². The van der Waals surface area contributed by atoms with E-state index in [1.54, 1.807) is 0 Å². The zero-order valence-corrected chi connectivity index (χ0v) is 12.0. The van der Waals surface area contributed by atoms with E-state index in [1.165, 1.54) is 6.20 Å². The van der Waals surface area contributed by atoms with E-state index in [1.807, 2.05) is 6.92 Å². The van der Waals surface area contributed by atoms with Gasteiger partial charge in [0.25, 0.3) is 0 Å². The lowest BCUT2D eigenvalue weighted by atomic mass is 10.4. The van der Waals surface area contributed by atoms with Crippen LogP contribution in [0, 0.1) is 0 Å². The summed E-state index contributed by atoms with van der Waals surface area (Å²) in [6.07, 6.45) is -0.435. The number of hydrogen-bond acceptors (Lipinski definition) is 4. The molecule has 1 N–H and O–H groups in total. The highest BCUT2D eigenvalue weighted by atomic mass is 79.9. The minimum absolute atomic E-state index is 0.245. The predicted molar refractivity (Wildman–Crippen MR) is 70.6 cm³/mol.